The average Bonchev–Trinajstić information content (AvgIpc) is 3.33. The summed E-state index contributed by atoms with van der Waals surface area (Å²) in [5.41, 5.74) is 4.43. The maximum Gasteiger partial charge on any atom is 0.264 e. The highest BCUT2D eigenvalue weighted by Crippen LogP contribution is 2.40. The Balaban J connectivity index is 1.59. The first-order valence-electron chi connectivity index (χ1n) is 11.2. The second kappa shape index (κ2) is 9.46. The maximum atomic E-state index is 13.1. The van der Waals surface area contributed by atoms with E-state index in [4.69, 9.17) is 23.9 Å². The molecule has 0 N–H and O–H groups in total. The van der Waals surface area contributed by atoms with Crippen LogP contribution in [0.25, 0.3) is 22.2 Å². The number of benzene rings is 2. The summed E-state index contributed by atoms with van der Waals surface area (Å²) >= 11 is 1.44. The van der Waals surface area contributed by atoms with Gasteiger partial charge in [-0.3, -0.25) is 4.79 Å². The summed E-state index contributed by atoms with van der Waals surface area (Å²) in [5.74, 6) is 2.58. The first-order valence-corrected chi connectivity index (χ1v) is 12.1. The summed E-state index contributed by atoms with van der Waals surface area (Å²) in [4.78, 5) is 20.5. The molecule has 8 heteroatoms. The lowest BCUT2D eigenvalue weighted by Gasteiger charge is -2.19. The van der Waals surface area contributed by atoms with Crippen molar-refractivity contribution in [3.63, 3.8) is 0 Å². The van der Waals surface area contributed by atoms with Gasteiger partial charge >= 0.3 is 0 Å². The van der Waals surface area contributed by atoms with Gasteiger partial charge in [-0.1, -0.05) is 6.07 Å². The SMILES string of the molecule is COc1cc2nc(-c3cc4c(c(OC)c3)OCCN(C(=O)c3cccs3)C4)cc(C)c2cc1OC. The molecule has 1 aliphatic heterocycles. The molecule has 35 heavy (non-hydrogen) atoms. The Kier molecular flexibility index (Phi) is 6.21. The molecule has 1 aliphatic rings. The number of hydrogen-bond acceptors (Lipinski definition) is 7. The Morgan fingerprint density at radius 2 is 1.80 bits per heavy atom. The zero-order valence-electron chi connectivity index (χ0n) is 20.1. The number of fused-ring (bicyclic) bond motifs is 2. The van der Waals surface area contributed by atoms with Gasteiger partial charge in [0.25, 0.3) is 5.91 Å². The zero-order chi connectivity index (χ0) is 24.5. The minimum Gasteiger partial charge on any atom is -0.493 e. The van der Waals surface area contributed by atoms with Gasteiger partial charge in [0.2, 0.25) is 0 Å². The standard InChI is InChI=1S/C27H26N2O5S/c1-16-10-20(28-21-14-23(32-3)22(31-2)13-19(16)21)17-11-18-15-29(27(30)25-6-5-9-35-25)7-8-34-26(18)24(12-17)33-4/h5-6,9-14H,7-8,15H2,1-4H3. The molecule has 5 rings (SSSR count). The van der Waals surface area contributed by atoms with E-state index >= 15 is 0 Å². The number of aromatic nitrogens is 1. The summed E-state index contributed by atoms with van der Waals surface area (Å²) in [6.45, 7) is 3.37. The second-order valence-electron chi connectivity index (χ2n) is 8.27. The third-order valence-electron chi connectivity index (χ3n) is 6.16. The van der Waals surface area contributed by atoms with Crippen LogP contribution in [0.5, 0.6) is 23.0 Å². The predicted octanol–water partition coefficient (Wildman–Crippen LogP) is 5.33. The van der Waals surface area contributed by atoms with Crippen molar-refractivity contribution in [2.24, 2.45) is 0 Å². The summed E-state index contributed by atoms with van der Waals surface area (Å²) in [5, 5.41) is 2.90. The Labute approximate surface area is 207 Å². The third kappa shape index (κ3) is 4.25. The minimum absolute atomic E-state index is 0.00142. The number of carbonyl (C=O) groups excluding carboxylic acids is 1. The number of methoxy groups -OCH3 is 3. The molecule has 0 saturated heterocycles. The minimum atomic E-state index is 0.00142. The highest BCUT2D eigenvalue weighted by molar-refractivity contribution is 7.12. The van der Waals surface area contributed by atoms with Crippen LogP contribution in [-0.2, 0) is 6.54 Å². The number of rotatable bonds is 5. The van der Waals surface area contributed by atoms with Crippen molar-refractivity contribution in [2.75, 3.05) is 34.5 Å². The topological polar surface area (TPSA) is 70.1 Å². The molecule has 0 radical (unpaired) electrons. The zero-order valence-corrected chi connectivity index (χ0v) is 20.9. The van der Waals surface area contributed by atoms with Crippen LogP contribution in [0.3, 0.4) is 0 Å². The van der Waals surface area contributed by atoms with Crippen molar-refractivity contribution in [2.45, 2.75) is 13.5 Å². The van der Waals surface area contributed by atoms with Crippen LogP contribution < -0.4 is 18.9 Å². The molecule has 0 fully saturated rings. The number of carbonyl (C=O) groups is 1. The Hall–Kier alpha value is -3.78. The highest BCUT2D eigenvalue weighted by atomic mass is 32.1. The molecule has 0 bridgehead atoms. The molecule has 0 saturated carbocycles. The van der Waals surface area contributed by atoms with Gasteiger partial charge < -0.3 is 23.8 Å². The van der Waals surface area contributed by atoms with Crippen LogP contribution in [0.1, 0.15) is 20.8 Å². The van der Waals surface area contributed by atoms with Gasteiger partial charge in [0.05, 0.1) is 44.0 Å². The Bertz CT molecular complexity index is 1400. The molecule has 2 aromatic heterocycles. The maximum absolute atomic E-state index is 13.1. The van der Waals surface area contributed by atoms with Gasteiger partial charge in [0.15, 0.2) is 23.0 Å². The van der Waals surface area contributed by atoms with E-state index in [1.54, 1.807) is 21.3 Å². The monoisotopic (exact) mass is 490 g/mol. The second-order valence-corrected chi connectivity index (χ2v) is 9.22. The van der Waals surface area contributed by atoms with E-state index in [0.717, 1.165) is 33.3 Å². The van der Waals surface area contributed by atoms with Crippen LogP contribution in [0.15, 0.2) is 47.8 Å². The molecule has 0 atom stereocenters. The first-order chi connectivity index (χ1) is 17.0. The van der Waals surface area contributed by atoms with Crippen LogP contribution in [0.2, 0.25) is 0 Å². The highest BCUT2D eigenvalue weighted by Gasteiger charge is 2.25. The van der Waals surface area contributed by atoms with Gasteiger partial charge in [0.1, 0.15) is 6.61 Å². The fraction of sp³-hybridized carbons (Fsp3) is 0.259. The molecular formula is C27H26N2O5S. The van der Waals surface area contributed by atoms with Crippen molar-refractivity contribution >= 4 is 28.1 Å². The van der Waals surface area contributed by atoms with Gasteiger partial charge in [-0.05, 0) is 48.2 Å². The molecule has 4 aromatic rings. The van der Waals surface area contributed by atoms with Crippen molar-refractivity contribution in [3.8, 4) is 34.3 Å². The van der Waals surface area contributed by atoms with Crippen LogP contribution >= 0.6 is 11.3 Å². The fourth-order valence-corrected chi connectivity index (χ4v) is 5.07. The average molecular weight is 491 g/mol. The summed E-state index contributed by atoms with van der Waals surface area (Å²) in [7, 11) is 4.86. The van der Waals surface area contributed by atoms with Crippen LogP contribution in [-0.4, -0.2) is 50.3 Å². The van der Waals surface area contributed by atoms with Crippen LogP contribution in [0, 0.1) is 6.92 Å². The molecule has 1 amide bonds. The molecule has 0 aliphatic carbocycles. The van der Waals surface area contributed by atoms with E-state index in [2.05, 4.69) is 0 Å². The Morgan fingerprint density at radius 3 is 2.51 bits per heavy atom. The van der Waals surface area contributed by atoms with E-state index in [-0.39, 0.29) is 5.91 Å². The number of thiophene rings is 1. The number of nitrogens with zero attached hydrogens (tertiary/aromatic N) is 2. The van der Waals surface area contributed by atoms with E-state index < -0.39 is 0 Å². The lowest BCUT2D eigenvalue weighted by atomic mass is 10.0. The molecule has 180 valence electrons. The van der Waals surface area contributed by atoms with E-state index in [0.29, 0.717) is 47.6 Å². The lowest BCUT2D eigenvalue weighted by Crippen LogP contribution is -2.31. The van der Waals surface area contributed by atoms with Gasteiger partial charge in [-0.25, -0.2) is 4.98 Å². The summed E-state index contributed by atoms with van der Waals surface area (Å²) < 4.78 is 22.7. The van der Waals surface area contributed by atoms with Gasteiger partial charge in [0, 0.05) is 29.1 Å². The number of amides is 1. The van der Waals surface area contributed by atoms with E-state index in [9.17, 15) is 4.79 Å². The van der Waals surface area contributed by atoms with Crippen molar-refractivity contribution in [1.29, 1.82) is 0 Å². The Morgan fingerprint density at radius 1 is 1.03 bits per heavy atom. The number of hydrogen-bond donors (Lipinski definition) is 0. The lowest BCUT2D eigenvalue weighted by molar-refractivity contribution is 0.0738. The van der Waals surface area contributed by atoms with E-state index in [1.807, 2.05) is 59.7 Å². The van der Waals surface area contributed by atoms with E-state index in [1.165, 1.54) is 11.3 Å². The molecule has 7 nitrogen and oxygen atoms in total. The first kappa shape index (κ1) is 23.0. The largest absolute Gasteiger partial charge is 0.493 e. The molecular weight excluding hydrogens is 464 g/mol. The van der Waals surface area contributed by atoms with Gasteiger partial charge in [-0.15, -0.1) is 11.3 Å². The molecule has 2 aromatic carbocycles. The molecule has 3 heterocycles. The molecule has 0 spiro atoms. The van der Waals surface area contributed by atoms with Crippen molar-refractivity contribution in [3.05, 3.63) is 63.8 Å². The fourth-order valence-electron chi connectivity index (χ4n) is 4.38. The van der Waals surface area contributed by atoms with Crippen LogP contribution in [0.4, 0.5) is 0 Å². The smallest absolute Gasteiger partial charge is 0.264 e. The number of ether oxygens (including phenoxy) is 4. The van der Waals surface area contributed by atoms with Gasteiger partial charge in [-0.2, -0.15) is 0 Å². The van der Waals surface area contributed by atoms with Crippen molar-refractivity contribution in [1.82, 2.24) is 9.88 Å². The predicted molar refractivity (Wildman–Crippen MR) is 136 cm³/mol. The quantitative estimate of drug-likeness (QED) is 0.377. The van der Waals surface area contributed by atoms with Crippen molar-refractivity contribution < 1.29 is 23.7 Å². The summed E-state index contributed by atoms with van der Waals surface area (Å²) in [6.07, 6.45) is 0. The third-order valence-corrected chi connectivity index (χ3v) is 7.01. The summed E-state index contributed by atoms with van der Waals surface area (Å²) in [6, 6.07) is 13.6. The number of pyridine rings is 1. The normalized spacial score (nSPS) is 13.1. The molecule has 0 unspecified atom stereocenters. The number of aryl methyl sites for hydroxylation is 1.